The van der Waals surface area contributed by atoms with E-state index in [1.807, 2.05) is 13.8 Å². The summed E-state index contributed by atoms with van der Waals surface area (Å²) in [5.74, 6) is -2.19. The van der Waals surface area contributed by atoms with Crippen molar-refractivity contribution in [2.24, 2.45) is 17.8 Å². The predicted octanol–water partition coefficient (Wildman–Crippen LogP) is 1.91. The minimum atomic E-state index is -1.90. The maximum absolute atomic E-state index is 12.7. The van der Waals surface area contributed by atoms with Crippen molar-refractivity contribution in [1.82, 2.24) is 0 Å². The number of phenols is 1. The number of aliphatic hydroxyl groups is 3. The Labute approximate surface area is 186 Å². The zero-order valence-electron chi connectivity index (χ0n) is 18.2. The molecule has 0 bridgehead atoms. The van der Waals surface area contributed by atoms with Gasteiger partial charge < -0.3 is 29.9 Å². The van der Waals surface area contributed by atoms with Gasteiger partial charge in [0.05, 0.1) is 24.9 Å². The van der Waals surface area contributed by atoms with Gasteiger partial charge in [0.2, 0.25) is 6.29 Å². The van der Waals surface area contributed by atoms with Crippen LogP contribution in [0.3, 0.4) is 0 Å². The average Bonchev–Trinajstić information content (AvgIpc) is 2.98. The first-order valence-electron chi connectivity index (χ1n) is 10.7. The molecule has 1 aliphatic heterocycles. The molecule has 0 saturated heterocycles. The molecule has 1 saturated carbocycles. The first kappa shape index (κ1) is 24.0. The molecule has 0 aromatic heterocycles. The zero-order chi connectivity index (χ0) is 23.5. The number of carbonyl (C=O) groups is 2. The molecule has 4 N–H and O–H groups in total. The van der Waals surface area contributed by atoms with E-state index in [1.54, 1.807) is 18.2 Å². The van der Waals surface area contributed by atoms with Gasteiger partial charge in [-0.05, 0) is 41.7 Å². The summed E-state index contributed by atoms with van der Waals surface area (Å²) in [6.07, 6.45) is 1.53. The molecule has 1 aliphatic carbocycles. The third-order valence-electron chi connectivity index (χ3n) is 6.01. The van der Waals surface area contributed by atoms with Crippen LogP contribution in [0.4, 0.5) is 0 Å². The monoisotopic (exact) mass is 446 g/mol. The normalized spacial score (nSPS) is 29.5. The second-order valence-electron chi connectivity index (χ2n) is 8.89. The largest absolute Gasteiger partial charge is 0.508 e. The van der Waals surface area contributed by atoms with Crippen LogP contribution in [0.15, 0.2) is 42.2 Å². The van der Waals surface area contributed by atoms with Crippen molar-refractivity contribution in [2.45, 2.75) is 51.1 Å². The molecular formula is C24H30O8. The molecule has 1 aromatic carbocycles. The molecule has 174 valence electrons. The standard InChI is InChI=1S/C24H30O8/c1-14(2)9-21(29)32-23-22-19(16(12-25)13-31-23)10-20(28)24(22,30)11-18(27)8-5-15-3-6-17(26)7-4-15/h3-8,13-14,19-20,22-23,25-26,28,30H,9-12H2,1-2H3/b8-5-/t19-,20+,22-,23+,24-/m1/s1. The summed E-state index contributed by atoms with van der Waals surface area (Å²) in [6, 6.07) is 6.24. The maximum atomic E-state index is 12.7. The van der Waals surface area contributed by atoms with Crippen molar-refractivity contribution in [1.29, 1.82) is 0 Å². The number of aromatic hydroxyl groups is 1. The summed E-state index contributed by atoms with van der Waals surface area (Å²) in [5, 5.41) is 41.1. The Kier molecular flexibility index (Phi) is 7.38. The number of hydrogen-bond donors (Lipinski definition) is 4. The Hall–Kier alpha value is -2.68. The Balaban J connectivity index is 1.80. The van der Waals surface area contributed by atoms with Crippen molar-refractivity contribution < 1.29 is 39.5 Å². The number of benzene rings is 1. The predicted molar refractivity (Wildman–Crippen MR) is 115 cm³/mol. The quantitative estimate of drug-likeness (QED) is 0.352. The number of allylic oxidation sites excluding steroid dienone is 1. The number of carbonyl (C=O) groups excluding carboxylic acids is 2. The fourth-order valence-electron chi connectivity index (χ4n) is 4.41. The lowest BCUT2D eigenvalue weighted by molar-refractivity contribution is -0.212. The molecule has 8 heteroatoms. The van der Waals surface area contributed by atoms with Crippen LogP contribution in [0.5, 0.6) is 5.75 Å². The summed E-state index contributed by atoms with van der Waals surface area (Å²) >= 11 is 0. The van der Waals surface area contributed by atoms with Gasteiger partial charge in [0.1, 0.15) is 11.4 Å². The number of rotatable bonds is 8. The first-order chi connectivity index (χ1) is 15.1. The molecular weight excluding hydrogens is 416 g/mol. The molecule has 1 fully saturated rings. The Morgan fingerprint density at radius 1 is 1.28 bits per heavy atom. The van der Waals surface area contributed by atoms with E-state index in [2.05, 4.69) is 0 Å². The average molecular weight is 446 g/mol. The maximum Gasteiger partial charge on any atom is 0.309 e. The minimum absolute atomic E-state index is 0.0603. The molecule has 32 heavy (non-hydrogen) atoms. The van der Waals surface area contributed by atoms with Crippen LogP contribution in [-0.4, -0.2) is 56.8 Å². The van der Waals surface area contributed by atoms with Gasteiger partial charge in [0.25, 0.3) is 0 Å². The summed E-state index contributed by atoms with van der Waals surface area (Å²) < 4.78 is 11.0. The van der Waals surface area contributed by atoms with E-state index >= 15 is 0 Å². The molecule has 0 unspecified atom stereocenters. The highest BCUT2D eigenvalue weighted by molar-refractivity contribution is 5.94. The second-order valence-corrected chi connectivity index (χ2v) is 8.89. The minimum Gasteiger partial charge on any atom is -0.508 e. The number of aliphatic hydroxyl groups excluding tert-OH is 2. The van der Waals surface area contributed by atoms with E-state index in [9.17, 15) is 30.0 Å². The van der Waals surface area contributed by atoms with Crippen LogP contribution in [0.25, 0.3) is 6.08 Å². The third-order valence-corrected chi connectivity index (χ3v) is 6.01. The van der Waals surface area contributed by atoms with E-state index in [0.717, 1.165) is 0 Å². The molecule has 0 amide bonds. The fourth-order valence-corrected chi connectivity index (χ4v) is 4.41. The van der Waals surface area contributed by atoms with Crippen LogP contribution in [0.1, 0.15) is 38.7 Å². The van der Waals surface area contributed by atoms with Gasteiger partial charge in [-0.25, -0.2) is 0 Å². The van der Waals surface area contributed by atoms with Gasteiger partial charge in [-0.3, -0.25) is 9.59 Å². The van der Waals surface area contributed by atoms with Gasteiger partial charge in [-0.1, -0.05) is 32.1 Å². The van der Waals surface area contributed by atoms with E-state index in [-0.39, 0.29) is 31.1 Å². The van der Waals surface area contributed by atoms with Crippen LogP contribution < -0.4 is 0 Å². The van der Waals surface area contributed by atoms with E-state index in [1.165, 1.54) is 24.5 Å². The number of ketones is 1. The van der Waals surface area contributed by atoms with E-state index in [0.29, 0.717) is 11.1 Å². The highest BCUT2D eigenvalue weighted by atomic mass is 16.7. The molecule has 3 rings (SSSR count). The zero-order valence-corrected chi connectivity index (χ0v) is 18.2. The fraction of sp³-hybridized carbons (Fsp3) is 0.500. The highest BCUT2D eigenvalue weighted by Crippen LogP contribution is 2.50. The lowest BCUT2D eigenvalue weighted by Crippen LogP contribution is -2.52. The number of fused-ring (bicyclic) bond motifs is 1. The Bertz CT molecular complexity index is 888. The Morgan fingerprint density at radius 3 is 2.59 bits per heavy atom. The van der Waals surface area contributed by atoms with Crippen molar-refractivity contribution in [3.63, 3.8) is 0 Å². The van der Waals surface area contributed by atoms with Crippen LogP contribution >= 0.6 is 0 Å². The summed E-state index contributed by atoms with van der Waals surface area (Å²) in [4.78, 5) is 24.9. The molecule has 5 atom stereocenters. The molecule has 1 heterocycles. The van der Waals surface area contributed by atoms with Crippen molar-refractivity contribution in [3.05, 3.63) is 47.7 Å². The smallest absolute Gasteiger partial charge is 0.309 e. The van der Waals surface area contributed by atoms with Gasteiger partial charge in [-0.2, -0.15) is 0 Å². The molecule has 0 spiro atoms. The van der Waals surface area contributed by atoms with Gasteiger partial charge in [0, 0.05) is 18.8 Å². The van der Waals surface area contributed by atoms with E-state index in [4.69, 9.17) is 9.47 Å². The lowest BCUT2D eigenvalue weighted by Gasteiger charge is -2.40. The van der Waals surface area contributed by atoms with Gasteiger partial charge in [-0.15, -0.1) is 0 Å². The number of ether oxygens (including phenoxy) is 2. The van der Waals surface area contributed by atoms with Gasteiger partial charge >= 0.3 is 5.97 Å². The summed E-state index contributed by atoms with van der Waals surface area (Å²) in [6.45, 7) is 3.39. The van der Waals surface area contributed by atoms with Gasteiger partial charge in [0.15, 0.2) is 5.78 Å². The van der Waals surface area contributed by atoms with Crippen LogP contribution in [0.2, 0.25) is 0 Å². The first-order valence-corrected chi connectivity index (χ1v) is 10.7. The van der Waals surface area contributed by atoms with Crippen molar-refractivity contribution in [2.75, 3.05) is 6.61 Å². The molecule has 8 nitrogen and oxygen atoms in total. The number of phenolic OH excluding ortho intramolecular Hbond substituents is 1. The lowest BCUT2D eigenvalue weighted by atomic mass is 9.77. The van der Waals surface area contributed by atoms with Crippen LogP contribution in [-0.2, 0) is 19.1 Å². The number of esters is 1. The molecule has 2 aliphatic rings. The summed E-state index contributed by atoms with van der Waals surface area (Å²) in [7, 11) is 0. The van der Waals surface area contributed by atoms with E-state index < -0.39 is 48.0 Å². The molecule has 0 radical (unpaired) electrons. The second kappa shape index (κ2) is 9.85. The van der Waals surface area contributed by atoms with Crippen molar-refractivity contribution >= 4 is 17.8 Å². The Morgan fingerprint density at radius 2 is 1.97 bits per heavy atom. The van der Waals surface area contributed by atoms with Crippen molar-refractivity contribution in [3.8, 4) is 5.75 Å². The third kappa shape index (κ3) is 5.20. The topological polar surface area (TPSA) is 134 Å². The summed E-state index contributed by atoms with van der Waals surface area (Å²) in [5.41, 5.74) is -0.758. The van der Waals surface area contributed by atoms with Crippen LogP contribution in [0, 0.1) is 17.8 Å². The SMILES string of the molecule is CC(C)CC(=O)O[C@@H]1OC=C(CO)[C@H]2C[C@H](O)[C@](O)(CC(=O)/C=C\c3ccc(O)cc3)[C@@H]12. The highest BCUT2D eigenvalue weighted by Gasteiger charge is 2.61. The number of hydrogen-bond acceptors (Lipinski definition) is 8. The molecule has 1 aromatic rings.